The lowest BCUT2D eigenvalue weighted by molar-refractivity contribution is -0.118. The van der Waals surface area contributed by atoms with Crippen LogP contribution in [0.25, 0.3) is 0 Å². The zero-order valence-corrected chi connectivity index (χ0v) is 14.6. The van der Waals surface area contributed by atoms with Gasteiger partial charge in [-0.15, -0.1) is 0 Å². The third kappa shape index (κ3) is 3.51. The van der Waals surface area contributed by atoms with Crippen molar-refractivity contribution in [1.82, 2.24) is 9.80 Å². The number of carbonyl (C=O) groups excluding carboxylic acids is 3. The summed E-state index contributed by atoms with van der Waals surface area (Å²) in [6.45, 7) is 1.98. The highest BCUT2D eigenvalue weighted by atomic mass is 16.5. The fourth-order valence-electron chi connectivity index (χ4n) is 3.28. The molecule has 140 valence electrons. The van der Waals surface area contributed by atoms with Crippen LogP contribution >= 0.6 is 0 Å². The van der Waals surface area contributed by atoms with Gasteiger partial charge in [0, 0.05) is 31.7 Å². The highest BCUT2D eigenvalue weighted by molar-refractivity contribution is 6.00. The molecule has 1 aromatic carbocycles. The normalized spacial score (nSPS) is 16.8. The standard InChI is InChI=1S/C19H19N3O5/c23-17-12-27-15-5-4-13(11-14(15)20-17)18(24)21-6-2-7-22(9-8-21)19(25)16-3-1-10-26-16/h1,3-5,10-11H,2,6-9,12H2,(H,20,23). The van der Waals surface area contributed by atoms with Crippen molar-refractivity contribution in [1.29, 1.82) is 0 Å². The number of carbonyl (C=O) groups is 3. The minimum absolute atomic E-state index is 0.0219. The van der Waals surface area contributed by atoms with Crippen molar-refractivity contribution in [2.45, 2.75) is 6.42 Å². The monoisotopic (exact) mass is 369 g/mol. The van der Waals surface area contributed by atoms with Gasteiger partial charge in [0.2, 0.25) is 0 Å². The van der Waals surface area contributed by atoms with Gasteiger partial charge in [-0.2, -0.15) is 0 Å². The minimum atomic E-state index is -0.242. The van der Waals surface area contributed by atoms with Crippen molar-refractivity contribution >= 4 is 23.4 Å². The summed E-state index contributed by atoms with van der Waals surface area (Å²) in [4.78, 5) is 40.2. The molecule has 3 heterocycles. The van der Waals surface area contributed by atoms with Crippen molar-refractivity contribution < 1.29 is 23.5 Å². The lowest BCUT2D eigenvalue weighted by Crippen LogP contribution is -2.37. The summed E-state index contributed by atoms with van der Waals surface area (Å²) in [6.07, 6.45) is 2.16. The van der Waals surface area contributed by atoms with E-state index >= 15 is 0 Å². The van der Waals surface area contributed by atoms with E-state index in [1.807, 2.05) is 0 Å². The second-order valence-electron chi connectivity index (χ2n) is 6.46. The number of hydrogen-bond acceptors (Lipinski definition) is 5. The number of fused-ring (bicyclic) bond motifs is 1. The summed E-state index contributed by atoms with van der Waals surface area (Å²) < 4.78 is 10.5. The average Bonchev–Trinajstić information content (AvgIpc) is 3.11. The molecule has 1 fully saturated rings. The van der Waals surface area contributed by atoms with Gasteiger partial charge in [0.05, 0.1) is 12.0 Å². The van der Waals surface area contributed by atoms with E-state index in [4.69, 9.17) is 9.15 Å². The SMILES string of the molecule is O=C1COc2ccc(C(=O)N3CCCN(C(=O)c4ccco4)CC3)cc2N1. The van der Waals surface area contributed by atoms with Crippen LogP contribution in [0.2, 0.25) is 0 Å². The molecule has 0 spiro atoms. The number of benzene rings is 1. The Labute approximate surface area is 155 Å². The van der Waals surface area contributed by atoms with E-state index in [1.54, 1.807) is 40.1 Å². The van der Waals surface area contributed by atoms with E-state index in [9.17, 15) is 14.4 Å². The molecule has 0 bridgehead atoms. The Balaban J connectivity index is 1.45. The second kappa shape index (κ2) is 7.14. The lowest BCUT2D eigenvalue weighted by Gasteiger charge is -2.23. The molecule has 8 nitrogen and oxygen atoms in total. The fraction of sp³-hybridized carbons (Fsp3) is 0.316. The van der Waals surface area contributed by atoms with Crippen molar-refractivity contribution in [2.75, 3.05) is 38.1 Å². The molecular formula is C19H19N3O5. The number of hydrogen-bond donors (Lipinski definition) is 1. The summed E-state index contributed by atoms with van der Waals surface area (Å²) in [5, 5.41) is 2.71. The number of rotatable bonds is 2. The summed E-state index contributed by atoms with van der Waals surface area (Å²) in [7, 11) is 0. The Kier molecular flexibility index (Phi) is 4.53. The van der Waals surface area contributed by atoms with E-state index in [2.05, 4.69) is 5.32 Å². The number of amides is 3. The smallest absolute Gasteiger partial charge is 0.289 e. The Morgan fingerprint density at radius 2 is 1.78 bits per heavy atom. The summed E-state index contributed by atoms with van der Waals surface area (Å²) in [5.74, 6) is 0.319. The lowest BCUT2D eigenvalue weighted by atomic mass is 10.1. The first kappa shape index (κ1) is 17.1. The summed E-state index contributed by atoms with van der Waals surface area (Å²) in [5.41, 5.74) is 0.979. The summed E-state index contributed by atoms with van der Waals surface area (Å²) >= 11 is 0. The molecule has 1 aromatic heterocycles. The Hall–Kier alpha value is -3.29. The van der Waals surface area contributed by atoms with Gasteiger partial charge in [0.25, 0.3) is 17.7 Å². The van der Waals surface area contributed by atoms with Gasteiger partial charge >= 0.3 is 0 Å². The predicted octanol–water partition coefficient (Wildman–Crippen LogP) is 1.60. The van der Waals surface area contributed by atoms with Crippen LogP contribution in [-0.2, 0) is 4.79 Å². The van der Waals surface area contributed by atoms with Crippen LogP contribution in [0.5, 0.6) is 5.75 Å². The van der Waals surface area contributed by atoms with Crippen molar-refractivity contribution in [3.63, 3.8) is 0 Å². The van der Waals surface area contributed by atoms with E-state index in [0.29, 0.717) is 55.4 Å². The largest absolute Gasteiger partial charge is 0.482 e. The number of anilines is 1. The topological polar surface area (TPSA) is 92.1 Å². The molecule has 2 aliphatic rings. The van der Waals surface area contributed by atoms with Gasteiger partial charge in [-0.3, -0.25) is 14.4 Å². The first-order valence-corrected chi connectivity index (χ1v) is 8.80. The van der Waals surface area contributed by atoms with Gasteiger partial charge in [-0.1, -0.05) is 0 Å². The van der Waals surface area contributed by atoms with Crippen LogP contribution in [0.3, 0.4) is 0 Å². The molecule has 0 saturated carbocycles. The highest BCUT2D eigenvalue weighted by Crippen LogP contribution is 2.29. The summed E-state index contributed by atoms with van der Waals surface area (Å²) in [6, 6.07) is 8.33. The predicted molar refractivity (Wildman–Crippen MR) is 95.7 cm³/mol. The third-order valence-corrected chi connectivity index (χ3v) is 4.66. The molecule has 2 aliphatic heterocycles. The Bertz CT molecular complexity index is 877. The third-order valence-electron chi connectivity index (χ3n) is 4.66. The van der Waals surface area contributed by atoms with Crippen molar-refractivity contribution in [2.24, 2.45) is 0 Å². The molecule has 4 rings (SSSR count). The number of nitrogens with zero attached hydrogens (tertiary/aromatic N) is 2. The van der Waals surface area contributed by atoms with Crippen molar-refractivity contribution in [3.05, 3.63) is 47.9 Å². The molecule has 3 amide bonds. The van der Waals surface area contributed by atoms with Gasteiger partial charge < -0.3 is 24.3 Å². The van der Waals surface area contributed by atoms with Crippen LogP contribution in [0.4, 0.5) is 5.69 Å². The van der Waals surface area contributed by atoms with Crippen LogP contribution in [0.1, 0.15) is 27.3 Å². The zero-order chi connectivity index (χ0) is 18.8. The fourth-order valence-corrected chi connectivity index (χ4v) is 3.28. The van der Waals surface area contributed by atoms with Gasteiger partial charge in [0.1, 0.15) is 5.75 Å². The Morgan fingerprint density at radius 3 is 2.52 bits per heavy atom. The molecule has 8 heteroatoms. The molecule has 1 saturated heterocycles. The maximum Gasteiger partial charge on any atom is 0.289 e. The first-order chi connectivity index (χ1) is 13.1. The number of furan rings is 1. The van der Waals surface area contributed by atoms with Crippen LogP contribution in [0.15, 0.2) is 41.0 Å². The Morgan fingerprint density at radius 1 is 1.00 bits per heavy atom. The number of nitrogens with one attached hydrogen (secondary N) is 1. The van der Waals surface area contributed by atoms with Crippen molar-refractivity contribution in [3.8, 4) is 5.75 Å². The van der Waals surface area contributed by atoms with Gasteiger partial charge in [0.15, 0.2) is 12.4 Å². The molecule has 0 aliphatic carbocycles. The maximum atomic E-state index is 12.9. The molecule has 0 unspecified atom stereocenters. The van der Waals surface area contributed by atoms with Crippen LogP contribution in [-0.4, -0.2) is 60.3 Å². The minimum Gasteiger partial charge on any atom is -0.482 e. The van der Waals surface area contributed by atoms with E-state index in [0.717, 1.165) is 0 Å². The second-order valence-corrected chi connectivity index (χ2v) is 6.46. The van der Waals surface area contributed by atoms with E-state index < -0.39 is 0 Å². The van der Waals surface area contributed by atoms with E-state index in [1.165, 1.54) is 6.26 Å². The quantitative estimate of drug-likeness (QED) is 0.868. The maximum absolute atomic E-state index is 12.9. The molecule has 2 aromatic rings. The molecule has 27 heavy (non-hydrogen) atoms. The van der Waals surface area contributed by atoms with Crippen LogP contribution in [0, 0.1) is 0 Å². The number of ether oxygens (including phenoxy) is 1. The van der Waals surface area contributed by atoms with Gasteiger partial charge in [-0.25, -0.2) is 0 Å². The van der Waals surface area contributed by atoms with E-state index in [-0.39, 0.29) is 24.3 Å². The molecular weight excluding hydrogens is 350 g/mol. The molecule has 1 N–H and O–H groups in total. The average molecular weight is 369 g/mol. The zero-order valence-electron chi connectivity index (χ0n) is 14.6. The molecule has 0 atom stereocenters. The molecule has 0 radical (unpaired) electrons. The highest BCUT2D eigenvalue weighted by Gasteiger charge is 2.25. The van der Waals surface area contributed by atoms with Gasteiger partial charge in [-0.05, 0) is 36.8 Å². The first-order valence-electron chi connectivity index (χ1n) is 8.80. The van der Waals surface area contributed by atoms with Crippen LogP contribution < -0.4 is 10.1 Å².